The first-order valence-electron chi connectivity index (χ1n) is 7.52. The zero-order chi connectivity index (χ0) is 14.2. The Morgan fingerprint density at radius 2 is 1.90 bits per heavy atom. The molecule has 0 bridgehead atoms. The summed E-state index contributed by atoms with van der Waals surface area (Å²) in [5, 5.41) is 8.83. The summed E-state index contributed by atoms with van der Waals surface area (Å²) in [7, 11) is 0. The Morgan fingerprint density at radius 3 is 2.50 bits per heavy atom. The Balaban J connectivity index is 1.76. The fraction of sp³-hybridized carbons (Fsp3) is 0.500. The highest BCUT2D eigenvalue weighted by molar-refractivity contribution is 5.33. The lowest BCUT2D eigenvalue weighted by atomic mass is 9.77. The summed E-state index contributed by atoms with van der Waals surface area (Å²) in [5.41, 5.74) is 2.15. The molecule has 0 unspecified atom stereocenters. The van der Waals surface area contributed by atoms with Crippen molar-refractivity contribution < 1.29 is 4.74 Å². The fourth-order valence-electron chi connectivity index (χ4n) is 3.03. The number of nitriles is 1. The SMILES string of the molecule is C=CCOCCC1CCC(c2ccc(C#N)cc2)CC1. The smallest absolute Gasteiger partial charge is 0.0991 e. The van der Waals surface area contributed by atoms with E-state index in [-0.39, 0.29) is 0 Å². The van der Waals surface area contributed by atoms with Crippen molar-refractivity contribution in [1.82, 2.24) is 0 Å². The third-order valence-corrected chi connectivity index (χ3v) is 4.26. The Labute approximate surface area is 122 Å². The molecule has 2 heteroatoms. The summed E-state index contributed by atoms with van der Waals surface area (Å²) in [6.07, 6.45) is 8.09. The molecule has 0 N–H and O–H groups in total. The second-order valence-electron chi connectivity index (χ2n) is 5.60. The van der Waals surface area contributed by atoms with Crippen molar-refractivity contribution in [2.24, 2.45) is 5.92 Å². The standard InChI is InChI=1S/C18H23NO/c1-2-12-20-13-11-15-3-7-17(8-4-15)18-9-5-16(14-19)6-10-18/h2,5-6,9-10,15,17H,1,3-4,7-8,11-13H2. The summed E-state index contributed by atoms with van der Waals surface area (Å²) in [4.78, 5) is 0. The Hall–Kier alpha value is -1.59. The minimum atomic E-state index is 0.667. The third-order valence-electron chi connectivity index (χ3n) is 4.26. The monoisotopic (exact) mass is 269 g/mol. The first-order valence-corrected chi connectivity index (χ1v) is 7.52. The van der Waals surface area contributed by atoms with Gasteiger partial charge in [-0.25, -0.2) is 0 Å². The number of hydrogen-bond acceptors (Lipinski definition) is 2. The molecule has 0 aromatic heterocycles. The molecule has 1 aliphatic rings. The summed E-state index contributed by atoms with van der Waals surface area (Å²) in [6, 6.07) is 10.3. The van der Waals surface area contributed by atoms with Crippen molar-refractivity contribution in [3.05, 3.63) is 48.0 Å². The largest absolute Gasteiger partial charge is 0.377 e. The summed E-state index contributed by atoms with van der Waals surface area (Å²) >= 11 is 0. The highest BCUT2D eigenvalue weighted by Crippen LogP contribution is 2.37. The van der Waals surface area contributed by atoms with E-state index >= 15 is 0 Å². The van der Waals surface area contributed by atoms with E-state index in [1.54, 1.807) is 0 Å². The van der Waals surface area contributed by atoms with E-state index in [4.69, 9.17) is 10.00 Å². The third kappa shape index (κ3) is 4.21. The van der Waals surface area contributed by atoms with E-state index in [0.717, 1.165) is 18.1 Å². The average molecular weight is 269 g/mol. The summed E-state index contributed by atoms with van der Waals surface area (Å²) in [6.45, 7) is 5.18. The lowest BCUT2D eigenvalue weighted by molar-refractivity contribution is 0.135. The van der Waals surface area contributed by atoms with E-state index in [9.17, 15) is 0 Å². The molecule has 2 rings (SSSR count). The number of hydrogen-bond donors (Lipinski definition) is 0. The van der Waals surface area contributed by atoms with E-state index in [2.05, 4.69) is 24.8 Å². The van der Waals surface area contributed by atoms with Gasteiger partial charge < -0.3 is 4.74 Å². The summed E-state index contributed by atoms with van der Waals surface area (Å²) in [5.74, 6) is 1.49. The van der Waals surface area contributed by atoms with Crippen LogP contribution in [0.15, 0.2) is 36.9 Å². The lowest BCUT2D eigenvalue weighted by Crippen LogP contribution is -2.15. The minimum Gasteiger partial charge on any atom is -0.377 e. The van der Waals surface area contributed by atoms with Gasteiger partial charge in [0.25, 0.3) is 0 Å². The number of nitrogens with zero attached hydrogens (tertiary/aromatic N) is 1. The Morgan fingerprint density at radius 1 is 1.20 bits per heavy atom. The molecular weight excluding hydrogens is 246 g/mol. The zero-order valence-corrected chi connectivity index (χ0v) is 12.1. The van der Waals surface area contributed by atoms with E-state index in [1.165, 1.54) is 37.7 Å². The van der Waals surface area contributed by atoms with Gasteiger partial charge in [-0.3, -0.25) is 0 Å². The van der Waals surface area contributed by atoms with Gasteiger partial charge in [0.15, 0.2) is 0 Å². The lowest BCUT2D eigenvalue weighted by Gasteiger charge is -2.28. The molecule has 0 amide bonds. The van der Waals surface area contributed by atoms with E-state index < -0.39 is 0 Å². The molecule has 0 atom stereocenters. The second kappa shape index (κ2) is 7.87. The van der Waals surface area contributed by atoms with Crippen LogP contribution in [0.25, 0.3) is 0 Å². The number of rotatable bonds is 6. The van der Waals surface area contributed by atoms with Gasteiger partial charge in [-0.2, -0.15) is 5.26 Å². The van der Waals surface area contributed by atoms with Crippen LogP contribution in [-0.2, 0) is 4.74 Å². The quantitative estimate of drug-likeness (QED) is 0.565. The highest BCUT2D eigenvalue weighted by atomic mass is 16.5. The van der Waals surface area contributed by atoms with Crippen LogP contribution in [0.4, 0.5) is 0 Å². The molecule has 20 heavy (non-hydrogen) atoms. The van der Waals surface area contributed by atoms with Gasteiger partial charge in [0.2, 0.25) is 0 Å². The second-order valence-corrected chi connectivity index (χ2v) is 5.60. The van der Waals surface area contributed by atoms with Crippen molar-refractivity contribution in [1.29, 1.82) is 5.26 Å². The van der Waals surface area contributed by atoms with Crippen molar-refractivity contribution in [2.75, 3.05) is 13.2 Å². The first-order chi connectivity index (χ1) is 9.83. The van der Waals surface area contributed by atoms with Gasteiger partial charge >= 0.3 is 0 Å². The Bertz CT molecular complexity index is 449. The van der Waals surface area contributed by atoms with Gasteiger partial charge in [-0.1, -0.05) is 18.2 Å². The van der Waals surface area contributed by atoms with Crippen molar-refractivity contribution in [3.8, 4) is 6.07 Å². The Kier molecular flexibility index (Phi) is 5.83. The van der Waals surface area contributed by atoms with Crippen LogP contribution in [-0.4, -0.2) is 13.2 Å². The normalized spacial score (nSPS) is 22.1. The van der Waals surface area contributed by atoms with Gasteiger partial charge in [0, 0.05) is 6.61 Å². The van der Waals surface area contributed by atoms with Crippen molar-refractivity contribution >= 4 is 0 Å². The molecule has 1 aromatic carbocycles. The van der Waals surface area contributed by atoms with Gasteiger partial charge in [-0.05, 0) is 61.6 Å². The van der Waals surface area contributed by atoms with Crippen LogP contribution in [0.2, 0.25) is 0 Å². The maximum Gasteiger partial charge on any atom is 0.0991 e. The molecule has 1 saturated carbocycles. The van der Waals surface area contributed by atoms with Crippen LogP contribution >= 0.6 is 0 Å². The topological polar surface area (TPSA) is 33.0 Å². The first kappa shape index (κ1) is 14.8. The van der Waals surface area contributed by atoms with Crippen LogP contribution in [0, 0.1) is 17.2 Å². The molecule has 1 fully saturated rings. The number of ether oxygens (including phenoxy) is 1. The van der Waals surface area contributed by atoms with Gasteiger partial charge in [0.1, 0.15) is 0 Å². The molecule has 0 aliphatic heterocycles. The molecule has 106 valence electrons. The predicted octanol–water partition coefficient (Wildman–Crippen LogP) is 4.42. The highest BCUT2D eigenvalue weighted by Gasteiger charge is 2.22. The molecular formula is C18H23NO. The molecule has 1 aliphatic carbocycles. The molecule has 0 spiro atoms. The fourth-order valence-corrected chi connectivity index (χ4v) is 3.03. The molecule has 0 saturated heterocycles. The van der Waals surface area contributed by atoms with Crippen LogP contribution in [0.5, 0.6) is 0 Å². The molecule has 2 nitrogen and oxygen atoms in total. The zero-order valence-electron chi connectivity index (χ0n) is 12.1. The van der Waals surface area contributed by atoms with Crippen molar-refractivity contribution in [2.45, 2.75) is 38.0 Å². The maximum absolute atomic E-state index is 8.83. The van der Waals surface area contributed by atoms with Gasteiger partial charge in [0.05, 0.1) is 18.2 Å². The van der Waals surface area contributed by atoms with Crippen LogP contribution < -0.4 is 0 Å². The minimum absolute atomic E-state index is 0.667. The van der Waals surface area contributed by atoms with E-state index in [1.807, 2.05) is 18.2 Å². The summed E-state index contributed by atoms with van der Waals surface area (Å²) < 4.78 is 5.47. The maximum atomic E-state index is 8.83. The number of benzene rings is 1. The van der Waals surface area contributed by atoms with Gasteiger partial charge in [-0.15, -0.1) is 6.58 Å². The van der Waals surface area contributed by atoms with E-state index in [0.29, 0.717) is 12.5 Å². The molecule has 1 aromatic rings. The molecule has 0 heterocycles. The predicted molar refractivity (Wildman–Crippen MR) is 81.5 cm³/mol. The average Bonchev–Trinajstić information content (AvgIpc) is 2.52. The van der Waals surface area contributed by atoms with Crippen molar-refractivity contribution in [3.63, 3.8) is 0 Å². The van der Waals surface area contributed by atoms with Crippen LogP contribution in [0.3, 0.4) is 0 Å². The van der Waals surface area contributed by atoms with Crippen LogP contribution in [0.1, 0.15) is 49.1 Å². The molecule has 0 radical (unpaired) electrons.